The van der Waals surface area contributed by atoms with Crippen LogP contribution in [0.3, 0.4) is 0 Å². The van der Waals surface area contributed by atoms with Crippen molar-refractivity contribution in [2.24, 2.45) is 0 Å². The molecule has 0 heterocycles. The lowest BCUT2D eigenvalue weighted by Crippen LogP contribution is -2.15. The number of hydrogen-bond donors (Lipinski definition) is 2. The van der Waals surface area contributed by atoms with Crippen molar-refractivity contribution < 1.29 is 5.11 Å². The van der Waals surface area contributed by atoms with Crippen LogP contribution < -0.4 is 0 Å². The second-order valence-electron chi connectivity index (χ2n) is 3.92. The van der Waals surface area contributed by atoms with Crippen molar-refractivity contribution in [2.75, 3.05) is 0 Å². The van der Waals surface area contributed by atoms with Gasteiger partial charge in [0.2, 0.25) is 0 Å². The van der Waals surface area contributed by atoms with E-state index in [1.54, 1.807) is 0 Å². The van der Waals surface area contributed by atoms with Crippen LogP contribution in [0.15, 0.2) is 24.3 Å². The Kier molecular flexibility index (Phi) is 3.40. The molecule has 1 aromatic rings. The molecule has 0 atom stereocenters. The van der Waals surface area contributed by atoms with Crippen molar-refractivity contribution in [2.45, 2.75) is 31.6 Å². The van der Waals surface area contributed by atoms with Crippen LogP contribution in [0.1, 0.15) is 25.0 Å². The highest BCUT2D eigenvalue weighted by Crippen LogP contribution is 2.21. The van der Waals surface area contributed by atoms with Gasteiger partial charge in [0, 0.05) is 4.75 Å². The smallest absolute Gasteiger partial charge is 0.0684 e. The number of hydrogen-bond acceptors (Lipinski definition) is 2. The van der Waals surface area contributed by atoms with Crippen molar-refractivity contribution in [3.63, 3.8) is 0 Å². The van der Waals surface area contributed by atoms with Crippen molar-refractivity contribution in [1.29, 1.82) is 0 Å². The first-order chi connectivity index (χ1) is 6.03. The molecule has 1 rings (SSSR count). The Morgan fingerprint density at radius 1 is 1.23 bits per heavy atom. The molecule has 0 fully saturated rings. The Morgan fingerprint density at radius 3 is 2.23 bits per heavy atom. The molecule has 0 radical (unpaired) electrons. The summed E-state index contributed by atoms with van der Waals surface area (Å²) in [6.45, 7) is 4.26. The van der Waals surface area contributed by atoms with Gasteiger partial charge in [-0.1, -0.05) is 38.1 Å². The highest BCUT2D eigenvalue weighted by molar-refractivity contribution is 7.81. The molecule has 0 saturated heterocycles. The first-order valence-corrected chi connectivity index (χ1v) is 4.88. The quantitative estimate of drug-likeness (QED) is 0.711. The van der Waals surface area contributed by atoms with E-state index in [0.717, 1.165) is 12.0 Å². The highest BCUT2D eigenvalue weighted by Gasteiger charge is 2.13. The van der Waals surface area contributed by atoms with Gasteiger partial charge in [0.05, 0.1) is 6.61 Å². The van der Waals surface area contributed by atoms with Crippen molar-refractivity contribution in [1.82, 2.24) is 0 Å². The third-order valence-corrected chi connectivity index (χ3v) is 2.07. The monoisotopic (exact) mass is 196 g/mol. The van der Waals surface area contributed by atoms with Crippen molar-refractivity contribution >= 4 is 12.6 Å². The van der Waals surface area contributed by atoms with Gasteiger partial charge in [0.15, 0.2) is 0 Å². The molecular weight excluding hydrogens is 180 g/mol. The number of thiol groups is 1. The molecule has 0 aliphatic carbocycles. The van der Waals surface area contributed by atoms with E-state index >= 15 is 0 Å². The molecule has 13 heavy (non-hydrogen) atoms. The third-order valence-electron chi connectivity index (χ3n) is 1.91. The van der Waals surface area contributed by atoms with E-state index in [-0.39, 0.29) is 11.4 Å². The van der Waals surface area contributed by atoms with E-state index in [1.165, 1.54) is 5.56 Å². The number of aliphatic hydroxyl groups is 1. The average Bonchev–Trinajstić information content (AvgIpc) is 2.02. The predicted molar refractivity (Wildman–Crippen MR) is 59.1 cm³/mol. The number of aliphatic hydroxyl groups excluding tert-OH is 1. The summed E-state index contributed by atoms with van der Waals surface area (Å²) in [5.41, 5.74) is 2.19. The van der Waals surface area contributed by atoms with E-state index in [0.29, 0.717) is 0 Å². The maximum atomic E-state index is 9.09. The van der Waals surface area contributed by atoms with Crippen molar-refractivity contribution in [3.8, 4) is 0 Å². The largest absolute Gasteiger partial charge is 0.392 e. The normalized spacial score (nSPS) is 11.7. The lowest BCUT2D eigenvalue weighted by Gasteiger charge is -2.18. The maximum absolute atomic E-state index is 9.09. The fourth-order valence-corrected chi connectivity index (χ4v) is 1.52. The number of rotatable bonds is 3. The van der Waals surface area contributed by atoms with Crippen LogP contribution in [0, 0.1) is 0 Å². The Labute approximate surface area is 85.2 Å². The third kappa shape index (κ3) is 3.41. The number of benzene rings is 1. The lowest BCUT2D eigenvalue weighted by molar-refractivity contribution is 0.280. The Balaban J connectivity index is 2.87. The molecule has 0 bridgehead atoms. The van der Waals surface area contributed by atoms with Crippen LogP contribution in [0.5, 0.6) is 0 Å². The highest BCUT2D eigenvalue weighted by atomic mass is 32.1. The van der Waals surface area contributed by atoms with Crippen LogP contribution >= 0.6 is 12.6 Å². The second kappa shape index (κ2) is 4.16. The van der Waals surface area contributed by atoms with E-state index in [1.807, 2.05) is 24.3 Å². The van der Waals surface area contributed by atoms with Gasteiger partial charge in [-0.25, -0.2) is 0 Å². The molecule has 1 nitrogen and oxygen atoms in total. The van der Waals surface area contributed by atoms with Crippen LogP contribution in [0.4, 0.5) is 0 Å². The minimum atomic E-state index is -0.0225. The minimum Gasteiger partial charge on any atom is -0.392 e. The fourth-order valence-electron chi connectivity index (χ4n) is 1.35. The zero-order chi connectivity index (χ0) is 9.90. The summed E-state index contributed by atoms with van der Waals surface area (Å²) in [7, 11) is 0. The first-order valence-electron chi connectivity index (χ1n) is 4.43. The summed E-state index contributed by atoms with van der Waals surface area (Å²) >= 11 is 4.47. The van der Waals surface area contributed by atoms with Crippen LogP contribution in [0.25, 0.3) is 0 Å². The molecule has 0 spiro atoms. The fraction of sp³-hybridized carbons (Fsp3) is 0.455. The summed E-state index contributed by atoms with van der Waals surface area (Å²) < 4.78 is -0.0225. The molecule has 0 aromatic heterocycles. The Hall–Kier alpha value is -0.470. The SMILES string of the molecule is CC(C)(S)Cc1ccccc1CO. The Bertz CT molecular complexity index is 276. The van der Waals surface area contributed by atoms with E-state index in [9.17, 15) is 0 Å². The van der Waals surface area contributed by atoms with Gasteiger partial charge in [0.25, 0.3) is 0 Å². The lowest BCUT2D eigenvalue weighted by atomic mass is 9.98. The van der Waals surface area contributed by atoms with Gasteiger partial charge in [-0.15, -0.1) is 0 Å². The Morgan fingerprint density at radius 2 is 1.77 bits per heavy atom. The van der Waals surface area contributed by atoms with E-state index < -0.39 is 0 Å². The standard InChI is InChI=1S/C11H16OS/c1-11(2,13)7-9-5-3-4-6-10(9)8-12/h3-6,12-13H,7-8H2,1-2H3. The van der Waals surface area contributed by atoms with Gasteiger partial charge in [0.1, 0.15) is 0 Å². The van der Waals surface area contributed by atoms with E-state index in [4.69, 9.17) is 5.11 Å². The maximum Gasteiger partial charge on any atom is 0.0684 e. The molecule has 0 amide bonds. The zero-order valence-electron chi connectivity index (χ0n) is 8.12. The molecular formula is C11H16OS. The average molecular weight is 196 g/mol. The molecule has 0 aliphatic heterocycles. The molecule has 1 aromatic carbocycles. The minimum absolute atomic E-state index is 0.0225. The van der Waals surface area contributed by atoms with Gasteiger partial charge in [-0.05, 0) is 17.5 Å². The van der Waals surface area contributed by atoms with Gasteiger partial charge < -0.3 is 5.11 Å². The summed E-state index contributed by atoms with van der Waals surface area (Å²) in [4.78, 5) is 0. The van der Waals surface area contributed by atoms with Gasteiger partial charge >= 0.3 is 0 Å². The van der Waals surface area contributed by atoms with Crippen LogP contribution in [0.2, 0.25) is 0 Å². The van der Waals surface area contributed by atoms with E-state index in [2.05, 4.69) is 26.5 Å². The molecule has 72 valence electrons. The summed E-state index contributed by atoms with van der Waals surface area (Å²) in [5, 5.41) is 9.09. The molecule has 0 saturated carbocycles. The molecule has 0 unspecified atom stereocenters. The van der Waals surface area contributed by atoms with Crippen molar-refractivity contribution in [3.05, 3.63) is 35.4 Å². The summed E-state index contributed by atoms with van der Waals surface area (Å²) in [6.07, 6.45) is 0.882. The van der Waals surface area contributed by atoms with Gasteiger partial charge in [-0.3, -0.25) is 0 Å². The zero-order valence-corrected chi connectivity index (χ0v) is 9.01. The second-order valence-corrected chi connectivity index (χ2v) is 5.13. The first kappa shape index (κ1) is 10.6. The molecule has 0 aliphatic rings. The predicted octanol–water partition coefficient (Wildman–Crippen LogP) is 2.43. The van der Waals surface area contributed by atoms with Crippen LogP contribution in [-0.2, 0) is 13.0 Å². The summed E-state index contributed by atoms with van der Waals surface area (Å²) in [5.74, 6) is 0. The summed E-state index contributed by atoms with van der Waals surface area (Å²) in [6, 6.07) is 7.94. The van der Waals surface area contributed by atoms with Gasteiger partial charge in [-0.2, -0.15) is 12.6 Å². The molecule has 2 heteroatoms. The molecule has 1 N–H and O–H groups in total. The topological polar surface area (TPSA) is 20.2 Å². The van der Waals surface area contributed by atoms with Crippen LogP contribution in [-0.4, -0.2) is 9.85 Å².